The van der Waals surface area contributed by atoms with Crippen LogP contribution in [0.4, 0.5) is 0 Å². The molecule has 2 N–H and O–H groups in total. The zero-order chi connectivity index (χ0) is 7.68. The second-order valence-corrected chi connectivity index (χ2v) is 3.00. The fourth-order valence-electron chi connectivity index (χ4n) is 1.43. The van der Waals surface area contributed by atoms with Crippen LogP contribution in [-0.2, 0) is 6.54 Å². The van der Waals surface area contributed by atoms with Crippen molar-refractivity contribution in [2.75, 3.05) is 0 Å². The van der Waals surface area contributed by atoms with Crippen LogP contribution in [-0.4, -0.2) is 4.98 Å². The smallest absolute Gasteiger partial charge is 0.181 e. The average Bonchev–Trinajstić information content (AvgIpc) is 2.32. The van der Waals surface area contributed by atoms with E-state index < -0.39 is 0 Å². The summed E-state index contributed by atoms with van der Waals surface area (Å²) in [6.45, 7) is 0.502. The molecule has 0 aliphatic heterocycles. The van der Waals surface area contributed by atoms with Gasteiger partial charge in [0.05, 0.1) is 5.69 Å². The minimum absolute atomic E-state index is 0. The minimum atomic E-state index is 0. The molecule has 0 saturated heterocycles. The Morgan fingerprint density at radius 3 is 2.83 bits per heavy atom. The normalized spacial score (nSPS) is 16.8. The molecule has 1 aliphatic rings. The fraction of sp³-hybridized carbons (Fsp3) is 0.625. The van der Waals surface area contributed by atoms with E-state index in [1.54, 1.807) is 0 Å². The first-order valence-electron chi connectivity index (χ1n) is 4.04. The summed E-state index contributed by atoms with van der Waals surface area (Å²) < 4.78 is 5.27. The molecule has 1 aromatic heterocycles. The van der Waals surface area contributed by atoms with Gasteiger partial charge in [0, 0.05) is 12.5 Å². The van der Waals surface area contributed by atoms with Gasteiger partial charge in [-0.2, -0.15) is 0 Å². The number of oxazole rings is 1. The molecule has 1 fully saturated rings. The van der Waals surface area contributed by atoms with Crippen LogP contribution < -0.4 is 5.73 Å². The maximum absolute atomic E-state index is 5.49. The van der Waals surface area contributed by atoms with E-state index in [9.17, 15) is 0 Å². The van der Waals surface area contributed by atoms with Crippen LogP contribution in [0.1, 0.15) is 36.6 Å². The van der Waals surface area contributed by atoms with Crippen molar-refractivity contribution in [3.8, 4) is 0 Å². The van der Waals surface area contributed by atoms with Gasteiger partial charge in [-0.05, 0) is 12.8 Å². The molecular formula is C8H13ClN2O. The molecule has 3 nitrogen and oxygen atoms in total. The lowest BCUT2D eigenvalue weighted by Gasteiger charge is -2.23. The zero-order valence-corrected chi connectivity index (χ0v) is 7.64. The predicted molar refractivity (Wildman–Crippen MR) is 48.2 cm³/mol. The standard InChI is InChI=1S/C8H12N2O.ClH/c9-4-7-8(11-5-10-7)6-2-1-3-6;/h5-6H,1-4,9H2;1H. The molecule has 68 valence electrons. The van der Waals surface area contributed by atoms with Gasteiger partial charge >= 0.3 is 0 Å². The Labute approximate surface area is 77.8 Å². The first-order valence-corrected chi connectivity index (χ1v) is 4.04. The van der Waals surface area contributed by atoms with Crippen LogP contribution in [0.15, 0.2) is 10.8 Å². The topological polar surface area (TPSA) is 52.0 Å². The molecule has 0 unspecified atom stereocenters. The van der Waals surface area contributed by atoms with Crippen molar-refractivity contribution in [1.29, 1.82) is 0 Å². The zero-order valence-electron chi connectivity index (χ0n) is 6.82. The van der Waals surface area contributed by atoms with Crippen molar-refractivity contribution in [2.45, 2.75) is 31.7 Å². The van der Waals surface area contributed by atoms with Gasteiger partial charge in [-0.1, -0.05) is 6.42 Å². The SMILES string of the molecule is Cl.NCc1ncoc1C1CCC1. The molecule has 1 saturated carbocycles. The number of rotatable bonds is 2. The molecular weight excluding hydrogens is 176 g/mol. The summed E-state index contributed by atoms with van der Waals surface area (Å²) in [5.41, 5.74) is 6.43. The van der Waals surface area contributed by atoms with Crippen LogP contribution >= 0.6 is 12.4 Å². The van der Waals surface area contributed by atoms with Crippen molar-refractivity contribution in [3.63, 3.8) is 0 Å². The van der Waals surface area contributed by atoms with E-state index in [4.69, 9.17) is 10.2 Å². The van der Waals surface area contributed by atoms with Crippen molar-refractivity contribution >= 4 is 12.4 Å². The van der Waals surface area contributed by atoms with Gasteiger partial charge in [0.2, 0.25) is 0 Å². The Bertz CT molecular complexity index is 245. The third-order valence-corrected chi connectivity index (χ3v) is 2.34. The molecule has 1 aliphatic carbocycles. The van der Waals surface area contributed by atoms with Crippen LogP contribution in [0.3, 0.4) is 0 Å². The Morgan fingerprint density at radius 2 is 2.33 bits per heavy atom. The highest BCUT2D eigenvalue weighted by Crippen LogP contribution is 2.37. The molecule has 0 aromatic carbocycles. The van der Waals surface area contributed by atoms with Gasteiger partial charge in [0.15, 0.2) is 6.39 Å². The van der Waals surface area contributed by atoms with Gasteiger partial charge in [0.25, 0.3) is 0 Å². The average molecular weight is 189 g/mol. The molecule has 0 spiro atoms. The highest BCUT2D eigenvalue weighted by molar-refractivity contribution is 5.85. The summed E-state index contributed by atoms with van der Waals surface area (Å²) in [6.07, 6.45) is 5.29. The summed E-state index contributed by atoms with van der Waals surface area (Å²) in [5.74, 6) is 1.63. The summed E-state index contributed by atoms with van der Waals surface area (Å²) in [5, 5.41) is 0. The van der Waals surface area contributed by atoms with Crippen molar-refractivity contribution in [3.05, 3.63) is 17.8 Å². The predicted octanol–water partition coefficient (Wildman–Crippen LogP) is 1.82. The van der Waals surface area contributed by atoms with Gasteiger partial charge in [-0.25, -0.2) is 4.98 Å². The van der Waals surface area contributed by atoms with E-state index in [0.717, 1.165) is 11.5 Å². The van der Waals surface area contributed by atoms with E-state index in [1.165, 1.54) is 25.7 Å². The Kier molecular flexibility index (Phi) is 3.12. The Hall–Kier alpha value is -0.540. The molecule has 0 radical (unpaired) electrons. The summed E-state index contributed by atoms with van der Waals surface area (Å²) in [6, 6.07) is 0. The van der Waals surface area contributed by atoms with E-state index in [1.807, 2.05) is 0 Å². The molecule has 12 heavy (non-hydrogen) atoms. The number of nitrogens with two attached hydrogens (primary N) is 1. The maximum Gasteiger partial charge on any atom is 0.181 e. The van der Waals surface area contributed by atoms with Crippen molar-refractivity contribution < 1.29 is 4.42 Å². The monoisotopic (exact) mass is 188 g/mol. The number of halogens is 1. The fourth-order valence-corrected chi connectivity index (χ4v) is 1.43. The van der Waals surface area contributed by atoms with Crippen molar-refractivity contribution in [2.24, 2.45) is 5.73 Å². The molecule has 0 bridgehead atoms. The molecule has 1 aromatic rings. The first kappa shape index (κ1) is 9.55. The number of hydrogen-bond donors (Lipinski definition) is 1. The minimum Gasteiger partial charge on any atom is -0.448 e. The van der Waals surface area contributed by atoms with Crippen LogP contribution in [0.5, 0.6) is 0 Å². The van der Waals surface area contributed by atoms with Gasteiger partial charge in [0.1, 0.15) is 5.76 Å². The van der Waals surface area contributed by atoms with E-state index in [2.05, 4.69) is 4.98 Å². The third-order valence-electron chi connectivity index (χ3n) is 2.34. The third kappa shape index (κ3) is 1.47. The number of hydrogen-bond acceptors (Lipinski definition) is 3. The van der Waals surface area contributed by atoms with Crippen LogP contribution in [0.2, 0.25) is 0 Å². The van der Waals surface area contributed by atoms with E-state index >= 15 is 0 Å². The lowest BCUT2D eigenvalue weighted by molar-refractivity contribution is 0.343. The maximum atomic E-state index is 5.49. The molecule has 2 rings (SSSR count). The highest BCUT2D eigenvalue weighted by Gasteiger charge is 2.25. The van der Waals surface area contributed by atoms with Crippen LogP contribution in [0, 0.1) is 0 Å². The van der Waals surface area contributed by atoms with Gasteiger partial charge < -0.3 is 10.2 Å². The van der Waals surface area contributed by atoms with E-state index in [-0.39, 0.29) is 12.4 Å². The molecule has 0 atom stereocenters. The quantitative estimate of drug-likeness (QED) is 0.771. The second-order valence-electron chi connectivity index (χ2n) is 3.00. The lowest BCUT2D eigenvalue weighted by Crippen LogP contribution is -2.11. The summed E-state index contributed by atoms with van der Waals surface area (Å²) in [4.78, 5) is 4.05. The first-order chi connectivity index (χ1) is 5.42. The lowest BCUT2D eigenvalue weighted by atomic mass is 9.83. The molecule has 1 heterocycles. The number of aromatic nitrogens is 1. The number of nitrogens with zero attached hydrogens (tertiary/aromatic N) is 1. The Morgan fingerprint density at radius 1 is 1.58 bits per heavy atom. The molecule has 4 heteroatoms. The van der Waals surface area contributed by atoms with Crippen molar-refractivity contribution in [1.82, 2.24) is 4.98 Å². The highest BCUT2D eigenvalue weighted by atomic mass is 35.5. The summed E-state index contributed by atoms with van der Waals surface area (Å²) >= 11 is 0. The molecule has 0 amide bonds. The van der Waals surface area contributed by atoms with Gasteiger partial charge in [-0.3, -0.25) is 0 Å². The van der Waals surface area contributed by atoms with E-state index in [0.29, 0.717) is 12.5 Å². The second kappa shape index (κ2) is 3.92. The Balaban J connectivity index is 0.000000720. The van der Waals surface area contributed by atoms with Gasteiger partial charge in [-0.15, -0.1) is 12.4 Å². The van der Waals surface area contributed by atoms with Crippen LogP contribution in [0.25, 0.3) is 0 Å². The largest absolute Gasteiger partial charge is 0.448 e. The summed E-state index contributed by atoms with van der Waals surface area (Å²) in [7, 11) is 0.